The van der Waals surface area contributed by atoms with E-state index in [2.05, 4.69) is 10.4 Å². The van der Waals surface area contributed by atoms with Crippen LogP contribution in [0.25, 0.3) is 0 Å². The highest BCUT2D eigenvalue weighted by Gasteiger charge is 2.17. The van der Waals surface area contributed by atoms with Crippen LogP contribution in [0.3, 0.4) is 0 Å². The van der Waals surface area contributed by atoms with E-state index < -0.39 is 0 Å². The fourth-order valence-electron chi connectivity index (χ4n) is 2.24. The van der Waals surface area contributed by atoms with Crippen molar-refractivity contribution in [2.24, 2.45) is 13.0 Å². The summed E-state index contributed by atoms with van der Waals surface area (Å²) in [6.45, 7) is 2.11. The number of carbonyl (C=O) groups excluding carboxylic acids is 1. The van der Waals surface area contributed by atoms with Crippen molar-refractivity contribution in [1.82, 2.24) is 15.1 Å². The van der Waals surface area contributed by atoms with Crippen LogP contribution >= 0.6 is 0 Å². The Morgan fingerprint density at radius 2 is 2.31 bits per heavy atom. The molecule has 0 saturated carbocycles. The fourth-order valence-corrected chi connectivity index (χ4v) is 2.24. The average molecular weight is 221 g/mol. The highest BCUT2D eigenvalue weighted by molar-refractivity contribution is 5.80. The third-order valence-corrected chi connectivity index (χ3v) is 3.12. The Labute approximate surface area is 96.0 Å². The number of ketones is 1. The van der Waals surface area contributed by atoms with Gasteiger partial charge >= 0.3 is 0 Å². The van der Waals surface area contributed by atoms with E-state index in [4.69, 9.17) is 0 Å². The molecule has 0 spiro atoms. The molecule has 0 atom stereocenters. The Hall–Kier alpha value is -1.16. The molecule has 0 aliphatic carbocycles. The normalized spacial score (nSPS) is 17.6. The van der Waals surface area contributed by atoms with E-state index in [1.54, 1.807) is 4.68 Å². The SMILES string of the molecule is Cn1ccc(CC(=O)CC2CCNCC2)n1. The lowest BCUT2D eigenvalue weighted by Gasteiger charge is -2.21. The van der Waals surface area contributed by atoms with Crippen molar-refractivity contribution >= 4 is 5.78 Å². The maximum atomic E-state index is 11.8. The summed E-state index contributed by atoms with van der Waals surface area (Å²) in [6, 6.07) is 1.92. The summed E-state index contributed by atoms with van der Waals surface area (Å²) < 4.78 is 1.74. The van der Waals surface area contributed by atoms with Crippen LogP contribution in [-0.4, -0.2) is 28.7 Å². The molecule has 2 heterocycles. The van der Waals surface area contributed by atoms with Gasteiger partial charge in [-0.1, -0.05) is 0 Å². The first kappa shape index (κ1) is 11.3. The van der Waals surface area contributed by atoms with Crippen LogP contribution in [0.4, 0.5) is 0 Å². The first-order valence-corrected chi connectivity index (χ1v) is 5.95. The predicted octanol–water partition coefficient (Wildman–Crippen LogP) is 0.921. The van der Waals surface area contributed by atoms with Gasteiger partial charge in [0.25, 0.3) is 0 Å². The third kappa shape index (κ3) is 3.17. The van der Waals surface area contributed by atoms with E-state index in [0.29, 0.717) is 18.1 Å². The maximum absolute atomic E-state index is 11.8. The summed E-state index contributed by atoms with van der Waals surface area (Å²) in [5, 5.41) is 7.54. The zero-order chi connectivity index (χ0) is 11.4. The molecule has 1 aliphatic rings. The van der Waals surface area contributed by atoms with E-state index in [1.165, 1.54) is 0 Å². The van der Waals surface area contributed by atoms with Gasteiger partial charge in [-0.25, -0.2) is 0 Å². The molecule has 88 valence electrons. The van der Waals surface area contributed by atoms with Crippen molar-refractivity contribution in [3.63, 3.8) is 0 Å². The van der Waals surface area contributed by atoms with Gasteiger partial charge in [-0.05, 0) is 37.9 Å². The number of aryl methyl sites for hydroxylation is 1. The van der Waals surface area contributed by atoms with Crippen molar-refractivity contribution < 1.29 is 4.79 Å². The van der Waals surface area contributed by atoms with Crippen LogP contribution in [0.1, 0.15) is 25.0 Å². The number of carbonyl (C=O) groups is 1. The van der Waals surface area contributed by atoms with E-state index in [1.807, 2.05) is 19.3 Å². The fraction of sp³-hybridized carbons (Fsp3) is 0.667. The first-order valence-electron chi connectivity index (χ1n) is 5.95. The molecule has 4 nitrogen and oxygen atoms in total. The molecule has 0 bridgehead atoms. The smallest absolute Gasteiger partial charge is 0.139 e. The van der Waals surface area contributed by atoms with Gasteiger partial charge in [-0.15, -0.1) is 0 Å². The molecular formula is C12H19N3O. The molecule has 16 heavy (non-hydrogen) atoms. The van der Waals surface area contributed by atoms with Crippen LogP contribution in [-0.2, 0) is 18.3 Å². The van der Waals surface area contributed by atoms with E-state index >= 15 is 0 Å². The monoisotopic (exact) mass is 221 g/mol. The Morgan fingerprint density at radius 1 is 1.56 bits per heavy atom. The van der Waals surface area contributed by atoms with Gasteiger partial charge < -0.3 is 5.32 Å². The largest absolute Gasteiger partial charge is 0.317 e. The number of rotatable bonds is 4. The molecular weight excluding hydrogens is 202 g/mol. The zero-order valence-corrected chi connectivity index (χ0v) is 9.78. The highest BCUT2D eigenvalue weighted by atomic mass is 16.1. The van der Waals surface area contributed by atoms with Gasteiger partial charge in [0.2, 0.25) is 0 Å². The van der Waals surface area contributed by atoms with Crippen LogP contribution in [0, 0.1) is 5.92 Å². The Kier molecular flexibility index (Phi) is 3.72. The Balaban J connectivity index is 1.79. The summed E-state index contributed by atoms with van der Waals surface area (Å²) in [5.41, 5.74) is 0.890. The lowest BCUT2D eigenvalue weighted by molar-refractivity contribution is -0.119. The van der Waals surface area contributed by atoms with Gasteiger partial charge in [-0.2, -0.15) is 5.10 Å². The number of hydrogen-bond donors (Lipinski definition) is 1. The van der Waals surface area contributed by atoms with Crippen molar-refractivity contribution in [3.8, 4) is 0 Å². The van der Waals surface area contributed by atoms with E-state index in [0.717, 1.165) is 38.0 Å². The molecule has 1 N–H and O–H groups in total. The first-order chi connectivity index (χ1) is 7.74. The lowest BCUT2D eigenvalue weighted by Crippen LogP contribution is -2.29. The standard InChI is InChI=1S/C12H19N3O/c1-15-7-4-11(14-15)9-12(16)8-10-2-5-13-6-3-10/h4,7,10,13H,2-3,5-6,8-9H2,1H3. The molecule has 2 rings (SSSR count). The van der Waals surface area contributed by atoms with Crippen LogP contribution < -0.4 is 5.32 Å². The summed E-state index contributed by atoms with van der Waals surface area (Å²) in [5.74, 6) is 0.906. The van der Waals surface area contributed by atoms with E-state index in [-0.39, 0.29) is 0 Å². The third-order valence-electron chi connectivity index (χ3n) is 3.12. The van der Waals surface area contributed by atoms with E-state index in [9.17, 15) is 4.79 Å². The molecule has 1 saturated heterocycles. The average Bonchev–Trinajstić information content (AvgIpc) is 2.65. The minimum Gasteiger partial charge on any atom is -0.317 e. The lowest BCUT2D eigenvalue weighted by atomic mass is 9.91. The van der Waals surface area contributed by atoms with Gasteiger partial charge in [0.15, 0.2) is 0 Å². The molecule has 0 radical (unpaired) electrons. The second-order valence-electron chi connectivity index (χ2n) is 4.59. The Bertz CT molecular complexity index is 353. The number of Topliss-reactive ketones (excluding diaryl/α,β-unsaturated/α-hetero) is 1. The minimum absolute atomic E-state index is 0.325. The van der Waals surface area contributed by atoms with Crippen molar-refractivity contribution in [2.45, 2.75) is 25.7 Å². The molecule has 0 aromatic carbocycles. The van der Waals surface area contributed by atoms with Crippen LogP contribution in [0.15, 0.2) is 12.3 Å². The highest BCUT2D eigenvalue weighted by Crippen LogP contribution is 2.17. The van der Waals surface area contributed by atoms with Gasteiger partial charge in [-0.3, -0.25) is 9.48 Å². The zero-order valence-electron chi connectivity index (χ0n) is 9.78. The Morgan fingerprint density at radius 3 is 2.94 bits per heavy atom. The second kappa shape index (κ2) is 5.25. The summed E-state index contributed by atoms with van der Waals surface area (Å²) >= 11 is 0. The van der Waals surface area contributed by atoms with Crippen LogP contribution in [0.2, 0.25) is 0 Å². The number of hydrogen-bond acceptors (Lipinski definition) is 3. The number of aromatic nitrogens is 2. The van der Waals surface area contributed by atoms with Gasteiger partial charge in [0, 0.05) is 19.7 Å². The molecule has 1 aliphatic heterocycles. The summed E-state index contributed by atoms with van der Waals surface area (Å²) in [6.07, 6.45) is 5.36. The maximum Gasteiger partial charge on any atom is 0.139 e. The minimum atomic E-state index is 0.325. The molecule has 0 unspecified atom stereocenters. The quantitative estimate of drug-likeness (QED) is 0.822. The predicted molar refractivity (Wildman–Crippen MR) is 62.1 cm³/mol. The van der Waals surface area contributed by atoms with Crippen molar-refractivity contribution in [2.75, 3.05) is 13.1 Å². The molecule has 1 aromatic heterocycles. The molecule has 0 amide bonds. The number of nitrogens with one attached hydrogen (secondary N) is 1. The molecule has 4 heteroatoms. The summed E-state index contributed by atoms with van der Waals surface area (Å²) in [4.78, 5) is 11.8. The van der Waals surface area contributed by atoms with Crippen molar-refractivity contribution in [3.05, 3.63) is 18.0 Å². The van der Waals surface area contributed by atoms with Gasteiger partial charge in [0.05, 0.1) is 12.1 Å². The topological polar surface area (TPSA) is 46.9 Å². The van der Waals surface area contributed by atoms with Crippen LogP contribution in [0.5, 0.6) is 0 Å². The summed E-state index contributed by atoms with van der Waals surface area (Å²) in [7, 11) is 1.88. The van der Waals surface area contributed by atoms with Crippen molar-refractivity contribution in [1.29, 1.82) is 0 Å². The molecule has 1 aromatic rings. The van der Waals surface area contributed by atoms with Gasteiger partial charge in [0.1, 0.15) is 5.78 Å². The second-order valence-corrected chi connectivity index (χ2v) is 4.59. The number of nitrogens with zero attached hydrogens (tertiary/aromatic N) is 2. The number of piperidine rings is 1. The molecule has 1 fully saturated rings.